The predicted molar refractivity (Wildman–Crippen MR) is 66.7 cm³/mol. The van der Waals surface area contributed by atoms with Crippen molar-refractivity contribution in [3.05, 3.63) is 48.2 Å². The fraction of sp³-hybridized carbons (Fsp3) is 0.0833. The maximum absolute atomic E-state index is 5.69. The monoisotopic (exact) mass is 262 g/mol. The molecule has 0 radical (unpaired) electrons. The normalized spacial score (nSPS) is 10.2. The van der Waals surface area contributed by atoms with Crippen LogP contribution in [0, 0.1) is 0 Å². The van der Waals surface area contributed by atoms with Gasteiger partial charge < -0.3 is 5.73 Å². The van der Waals surface area contributed by atoms with Crippen molar-refractivity contribution in [3.63, 3.8) is 0 Å². The van der Waals surface area contributed by atoms with E-state index in [1.54, 1.807) is 0 Å². The van der Waals surface area contributed by atoms with Crippen LogP contribution in [0.1, 0.15) is 5.56 Å². The highest BCUT2D eigenvalue weighted by molar-refractivity contribution is 9.08. The number of benzene rings is 1. The van der Waals surface area contributed by atoms with Gasteiger partial charge in [0.2, 0.25) is 0 Å². The van der Waals surface area contributed by atoms with Crippen LogP contribution in [-0.4, -0.2) is 4.98 Å². The molecule has 2 rings (SSSR count). The van der Waals surface area contributed by atoms with Crippen LogP contribution >= 0.6 is 15.9 Å². The van der Waals surface area contributed by atoms with Crippen LogP contribution in [0.4, 0.5) is 5.82 Å². The highest BCUT2D eigenvalue weighted by Gasteiger charge is 2.04. The maximum atomic E-state index is 5.69. The third kappa shape index (κ3) is 2.18. The van der Waals surface area contributed by atoms with E-state index in [0.29, 0.717) is 5.82 Å². The van der Waals surface area contributed by atoms with E-state index in [2.05, 4.69) is 33.0 Å². The van der Waals surface area contributed by atoms with Crippen LogP contribution in [-0.2, 0) is 5.33 Å². The van der Waals surface area contributed by atoms with E-state index in [0.717, 1.165) is 16.5 Å². The second-order valence-corrected chi connectivity index (χ2v) is 3.83. The first-order valence-corrected chi connectivity index (χ1v) is 5.79. The summed E-state index contributed by atoms with van der Waals surface area (Å²) in [7, 11) is 0. The number of nitrogen functional groups attached to an aromatic ring is 1. The van der Waals surface area contributed by atoms with Crippen LogP contribution in [0.15, 0.2) is 42.6 Å². The molecule has 0 amide bonds. The minimum atomic E-state index is 0.554. The number of pyridine rings is 1. The lowest BCUT2D eigenvalue weighted by Crippen LogP contribution is -1.94. The highest BCUT2D eigenvalue weighted by Crippen LogP contribution is 2.25. The molecule has 0 bridgehead atoms. The SMILES string of the molecule is Nc1cc(-c2ccccc2)c(CBr)cn1. The van der Waals surface area contributed by atoms with Crippen molar-refractivity contribution < 1.29 is 0 Å². The van der Waals surface area contributed by atoms with Crippen LogP contribution in [0.5, 0.6) is 0 Å². The Kier molecular flexibility index (Phi) is 3.02. The molecule has 2 aromatic rings. The summed E-state index contributed by atoms with van der Waals surface area (Å²) in [6, 6.07) is 12.1. The summed E-state index contributed by atoms with van der Waals surface area (Å²) in [5, 5.41) is 0.782. The molecule has 15 heavy (non-hydrogen) atoms. The van der Waals surface area contributed by atoms with Crippen molar-refractivity contribution in [2.24, 2.45) is 0 Å². The molecule has 0 saturated heterocycles. The Morgan fingerprint density at radius 1 is 1.20 bits per heavy atom. The summed E-state index contributed by atoms with van der Waals surface area (Å²) < 4.78 is 0. The Hall–Kier alpha value is -1.35. The highest BCUT2D eigenvalue weighted by atomic mass is 79.9. The summed E-state index contributed by atoms with van der Waals surface area (Å²) in [5.41, 5.74) is 9.15. The molecule has 0 saturated carbocycles. The third-order valence-electron chi connectivity index (χ3n) is 2.24. The number of hydrogen-bond acceptors (Lipinski definition) is 2. The van der Waals surface area contributed by atoms with Gasteiger partial charge in [-0.25, -0.2) is 4.98 Å². The topological polar surface area (TPSA) is 38.9 Å². The van der Waals surface area contributed by atoms with Crippen LogP contribution < -0.4 is 5.73 Å². The summed E-state index contributed by atoms with van der Waals surface area (Å²) in [6.07, 6.45) is 1.81. The van der Waals surface area contributed by atoms with Crippen LogP contribution in [0.3, 0.4) is 0 Å². The molecule has 0 fully saturated rings. The summed E-state index contributed by atoms with van der Waals surface area (Å²) in [6.45, 7) is 0. The zero-order valence-electron chi connectivity index (χ0n) is 8.15. The van der Waals surface area contributed by atoms with Gasteiger partial charge in [-0.1, -0.05) is 46.3 Å². The molecular formula is C12H11BrN2. The molecule has 0 unspecified atom stereocenters. The van der Waals surface area contributed by atoms with Crippen LogP contribution in [0.25, 0.3) is 11.1 Å². The number of nitrogens with zero attached hydrogens (tertiary/aromatic N) is 1. The molecule has 1 aromatic heterocycles. The fourth-order valence-corrected chi connectivity index (χ4v) is 1.94. The van der Waals surface area contributed by atoms with Crippen molar-refractivity contribution in [2.45, 2.75) is 5.33 Å². The van der Waals surface area contributed by atoms with Crippen molar-refractivity contribution in [1.29, 1.82) is 0 Å². The maximum Gasteiger partial charge on any atom is 0.123 e. The van der Waals surface area contributed by atoms with Crippen molar-refractivity contribution in [2.75, 3.05) is 5.73 Å². The van der Waals surface area contributed by atoms with E-state index in [1.165, 1.54) is 5.56 Å². The Balaban J connectivity index is 2.56. The second-order valence-electron chi connectivity index (χ2n) is 3.27. The van der Waals surface area contributed by atoms with Gasteiger partial charge in [0.25, 0.3) is 0 Å². The fourth-order valence-electron chi connectivity index (χ4n) is 1.49. The minimum Gasteiger partial charge on any atom is -0.384 e. The van der Waals surface area contributed by atoms with Gasteiger partial charge in [0.15, 0.2) is 0 Å². The van der Waals surface area contributed by atoms with Gasteiger partial charge in [-0.15, -0.1) is 0 Å². The average molecular weight is 263 g/mol. The summed E-state index contributed by atoms with van der Waals surface area (Å²) in [5.74, 6) is 0.554. The van der Waals surface area contributed by atoms with Gasteiger partial charge >= 0.3 is 0 Å². The molecule has 76 valence electrons. The lowest BCUT2D eigenvalue weighted by molar-refractivity contribution is 1.27. The van der Waals surface area contributed by atoms with Gasteiger partial charge in [-0.3, -0.25) is 0 Å². The average Bonchev–Trinajstić information content (AvgIpc) is 2.30. The van der Waals surface area contributed by atoms with Gasteiger partial charge in [-0.2, -0.15) is 0 Å². The van der Waals surface area contributed by atoms with E-state index in [1.807, 2.05) is 30.5 Å². The Morgan fingerprint density at radius 3 is 2.60 bits per heavy atom. The second kappa shape index (κ2) is 4.45. The van der Waals surface area contributed by atoms with E-state index < -0.39 is 0 Å². The summed E-state index contributed by atoms with van der Waals surface area (Å²) in [4.78, 5) is 4.08. The molecule has 0 atom stereocenters. The van der Waals surface area contributed by atoms with Crippen LogP contribution in [0.2, 0.25) is 0 Å². The van der Waals surface area contributed by atoms with Crippen molar-refractivity contribution >= 4 is 21.7 Å². The predicted octanol–water partition coefficient (Wildman–Crippen LogP) is 3.23. The van der Waals surface area contributed by atoms with Gasteiger partial charge in [0, 0.05) is 11.5 Å². The molecule has 1 aromatic carbocycles. The van der Waals surface area contributed by atoms with E-state index in [4.69, 9.17) is 5.73 Å². The number of anilines is 1. The Morgan fingerprint density at radius 2 is 1.93 bits per heavy atom. The lowest BCUT2D eigenvalue weighted by atomic mass is 10.0. The number of halogens is 1. The number of alkyl halides is 1. The number of rotatable bonds is 2. The first-order chi connectivity index (χ1) is 7.31. The van der Waals surface area contributed by atoms with Crippen molar-refractivity contribution in [1.82, 2.24) is 4.98 Å². The molecule has 0 aliphatic heterocycles. The number of aromatic nitrogens is 1. The zero-order chi connectivity index (χ0) is 10.7. The largest absolute Gasteiger partial charge is 0.384 e. The van der Waals surface area contributed by atoms with E-state index in [-0.39, 0.29) is 0 Å². The molecular weight excluding hydrogens is 252 g/mol. The van der Waals surface area contributed by atoms with E-state index in [9.17, 15) is 0 Å². The standard InChI is InChI=1S/C12H11BrN2/c13-7-10-8-15-12(14)6-11(10)9-4-2-1-3-5-9/h1-6,8H,7H2,(H2,14,15). The van der Waals surface area contributed by atoms with Gasteiger partial charge in [0.05, 0.1) is 0 Å². The lowest BCUT2D eigenvalue weighted by Gasteiger charge is -2.07. The number of hydrogen-bond donors (Lipinski definition) is 1. The Labute approximate surface area is 97.3 Å². The molecule has 0 aliphatic rings. The molecule has 2 nitrogen and oxygen atoms in total. The molecule has 3 heteroatoms. The van der Waals surface area contributed by atoms with E-state index >= 15 is 0 Å². The quantitative estimate of drug-likeness (QED) is 0.845. The molecule has 0 spiro atoms. The number of nitrogens with two attached hydrogens (primary N) is 1. The van der Waals surface area contributed by atoms with Gasteiger partial charge in [-0.05, 0) is 22.8 Å². The summed E-state index contributed by atoms with van der Waals surface area (Å²) >= 11 is 3.45. The minimum absolute atomic E-state index is 0.554. The molecule has 0 aliphatic carbocycles. The first kappa shape index (κ1) is 10.2. The molecule has 2 N–H and O–H groups in total. The zero-order valence-corrected chi connectivity index (χ0v) is 9.74. The third-order valence-corrected chi connectivity index (χ3v) is 2.84. The van der Waals surface area contributed by atoms with Crippen molar-refractivity contribution in [3.8, 4) is 11.1 Å². The first-order valence-electron chi connectivity index (χ1n) is 4.67. The van der Waals surface area contributed by atoms with Gasteiger partial charge in [0.1, 0.15) is 5.82 Å². The Bertz CT molecular complexity index is 454. The molecule has 1 heterocycles. The smallest absolute Gasteiger partial charge is 0.123 e.